The Bertz CT molecular complexity index is 1010. The molecule has 0 aliphatic rings. The van der Waals surface area contributed by atoms with E-state index in [-0.39, 0.29) is 30.7 Å². The molecule has 154 valence electrons. The summed E-state index contributed by atoms with van der Waals surface area (Å²) >= 11 is 0. The summed E-state index contributed by atoms with van der Waals surface area (Å²) in [5.41, 5.74) is 3.28. The third-order valence-corrected chi connectivity index (χ3v) is 4.22. The van der Waals surface area contributed by atoms with Gasteiger partial charge in [-0.3, -0.25) is 9.59 Å². The third-order valence-electron chi connectivity index (χ3n) is 4.22. The molecule has 6 nitrogen and oxygen atoms in total. The lowest BCUT2D eigenvalue weighted by molar-refractivity contribution is -0.120. The molecule has 0 radical (unpaired) electrons. The molecule has 1 aromatic heterocycles. The molecule has 1 heterocycles. The fourth-order valence-corrected chi connectivity index (χ4v) is 2.83. The number of aromatic nitrogens is 1. The summed E-state index contributed by atoms with van der Waals surface area (Å²) in [4.78, 5) is 28.4. The van der Waals surface area contributed by atoms with Crippen molar-refractivity contribution in [1.29, 1.82) is 0 Å². The van der Waals surface area contributed by atoms with Gasteiger partial charge in [-0.1, -0.05) is 23.3 Å². The van der Waals surface area contributed by atoms with Gasteiger partial charge in [0.05, 0.1) is 6.54 Å². The van der Waals surface area contributed by atoms with Crippen LogP contribution in [0.25, 0.3) is 0 Å². The van der Waals surface area contributed by atoms with Crippen molar-refractivity contribution in [2.45, 2.75) is 20.4 Å². The highest BCUT2D eigenvalue weighted by atomic mass is 19.1. The van der Waals surface area contributed by atoms with Gasteiger partial charge in [-0.25, -0.2) is 9.37 Å². The number of aryl methyl sites for hydroxylation is 2. The van der Waals surface area contributed by atoms with Crippen LogP contribution in [-0.2, 0) is 11.3 Å². The smallest absolute Gasteiger partial charge is 0.251 e. The first kappa shape index (κ1) is 21.0. The Morgan fingerprint density at radius 1 is 0.967 bits per heavy atom. The Hall–Kier alpha value is -3.74. The van der Waals surface area contributed by atoms with Crippen LogP contribution in [0.4, 0.5) is 4.39 Å². The molecule has 3 rings (SSSR count). The molecule has 0 saturated heterocycles. The van der Waals surface area contributed by atoms with E-state index in [1.54, 1.807) is 30.5 Å². The zero-order valence-corrected chi connectivity index (χ0v) is 16.7. The maximum absolute atomic E-state index is 12.9. The van der Waals surface area contributed by atoms with Crippen molar-refractivity contribution >= 4 is 11.8 Å². The molecule has 0 spiro atoms. The number of nitrogens with one attached hydrogen (secondary N) is 2. The minimum atomic E-state index is -0.341. The number of hydrogen-bond acceptors (Lipinski definition) is 4. The Kier molecular flexibility index (Phi) is 6.75. The highest BCUT2D eigenvalue weighted by Crippen LogP contribution is 2.19. The number of carbonyl (C=O) groups is 2. The van der Waals surface area contributed by atoms with E-state index in [2.05, 4.69) is 15.6 Å². The summed E-state index contributed by atoms with van der Waals surface area (Å²) in [6.07, 6.45) is 1.58. The first-order valence-electron chi connectivity index (χ1n) is 9.40. The van der Waals surface area contributed by atoms with Crippen LogP contribution in [0.15, 0.2) is 60.8 Å². The average molecular weight is 407 g/mol. The fraction of sp³-hybridized carbons (Fsp3) is 0.174. The normalized spacial score (nSPS) is 10.4. The van der Waals surface area contributed by atoms with Crippen LogP contribution in [-0.4, -0.2) is 23.3 Å². The largest absolute Gasteiger partial charge is 0.439 e. The Morgan fingerprint density at radius 3 is 2.30 bits per heavy atom. The summed E-state index contributed by atoms with van der Waals surface area (Å²) in [5.74, 6) is -0.103. The van der Waals surface area contributed by atoms with E-state index in [0.717, 1.165) is 16.7 Å². The number of nitrogens with zero attached hydrogens (tertiary/aromatic N) is 1. The maximum atomic E-state index is 12.9. The van der Waals surface area contributed by atoms with Gasteiger partial charge in [-0.2, -0.15) is 0 Å². The molecule has 0 unspecified atom stereocenters. The van der Waals surface area contributed by atoms with Crippen LogP contribution in [0.1, 0.15) is 27.0 Å². The summed E-state index contributed by atoms with van der Waals surface area (Å²) in [5, 5.41) is 5.34. The molecule has 0 aliphatic heterocycles. The molecule has 2 aromatic carbocycles. The lowest BCUT2D eigenvalue weighted by atomic mass is 10.1. The number of amides is 2. The van der Waals surface area contributed by atoms with Crippen molar-refractivity contribution in [2.24, 2.45) is 0 Å². The summed E-state index contributed by atoms with van der Waals surface area (Å²) in [7, 11) is 0. The van der Waals surface area contributed by atoms with E-state index in [1.807, 2.05) is 19.9 Å². The van der Waals surface area contributed by atoms with E-state index in [1.165, 1.54) is 24.3 Å². The molecule has 0 atom stereocenters. The topological polar surface area (TPSA) is 80.3 Å². The highest BCUT2D eigenvalue weighted by molar-refractivity contribution is 5.96. The van der Waals surface area contributed by atoms with Gasteiger partial charge in [0, 0.05) is 24.4 Å². The number of pyridine rings is 1. The average Bonchev–Trinajstić information content (AvgIpc) is 2.72. The summed E-state index contributed by atoms with van der Waals surface area (Å²) < 4.78 is 18.4. The van der Waals surface area contributed by atoms with E-state index < -0.39 is 0 Å². The molecule has 30 heavy (non-hydrogen) atoms. The molecule has 3 aromatic rings. The van der Waals surface area contributed by atoms with Gasteiger partial charge < -0.3 is 15.4 Å². The second-order valence-electron chi connectivity index (χ2n) is 6.90. The van der Waals surface area contributed by atoms with Gasteiger partial charge in [0.1, 0.15) is 11.6 Å². The monoisotopic (exact) mass is 407 g/mol. The predicted octanol–water partition coefficient (Wildman–Crippen LogP) is 3.68. The summed E-state index contributed by atoms with van der Waals surface area (Å²) in [6.45, 7) is 3.98. The second-order valence-corrected chi connectivity index (χ2v) is 6.90. The van der Waals surface area contributed by atoms with Crippen molar-refractivity contribution < 1.29 is 18.7 Å². The minimum absolute atomic E-state index is 0.120. The van der Waals surface area contributed by atoms with Crippen molar-refractivity contribution in [1.82, 2.24) is 15.6 Å². The quantitative estimate of drug-likeness (QED) is 0.626. The molecule has 0 saturated carbocycles. The van der Waals surface area contributed by atoms with Crippen molar-refractivity contribution in [3.05, 3.63) is 88.9 Å². The number of carbonyl (C=O) groups excluding carboxylic acids is 2. The zero-order valence-electron chi connectivity index (χ0n) is 16.7. The molecular weight excluding hydrogens is 385 g/mol. The minimum Gasteiger partial charge on any atom is -0.439 e. The standard InChI is InChI=1S/C23H22FN3O3/c1-15-9-16(2)11-18(10-15)23(29)27-14-21(28)25-12-17-3-8-22(26-13-17)30-20-6-4-19(24)5-7-20/h3-11,13H,12,14H2,1-2H3,(H,25,28)(H,27,29). The molecule has 0 fully saturated rings. The van der Waals surface area contributed by atoms with Crippen LogP contribution >= 0.6 is 0 Å². The van der Waals surface area contributed by atoms with Crippen LogP contribution in [0.3, 0.4) is 0 Å². The van der Waals surface area contributed by atoms with Gasteiger partial charge in [0.25, 0.3) is 5.91 Å². The first-order valence-corrected chi connectivity index (χ1v) is 9.40. The lowest BCUT2D eigenvalue weighted by Gasteiger charge is -2.09. The zero-order chi connectivity index (χ0) is 21.5. The second kappa shape index (κ2) is 9.65. The van der Waals surface area contributed by atoms with Gasteiger partial charge in [0.15, 0.2) is 0 Å². The van der Waals surface area contributed by atoms with E-state index in [9.17, 15) is 14.0 Å². The highest BCUT2D eigenvalue weighted by Gasteiger charge is 2.09. The van der Waals surface area contributed by atoms with Gasteiger partial charge in [0.2, 0.25) is 11.8 Å². The molecule has 0 aliphatic carbocycles. The van der Waals surface area contributed by atoms with Gasteiger partial charge in [-0.15, -0.1) is 0 Å². The third kappa shape index (κ3) is 6.13. The molecule has 2 amide bonds. The molecule has 2 N–H and O–H groups in total. The van der Waals surface area contributed by atoms with E-state index in [0.29, 0.717) is 17.2 Å². The van der Waals surface area contributed by atoms with Gasteiger partial charge in [-0.05, 0) is 55.8 Å². The van der Waals surface area contributed by atoms with Crippen LogP contribution in [0, 0.1) is 19.7 Å². The number of rotatable bonds is 7. The van der Waals surface area contributed by atoms with E-state index in [4.69, 9.17) is 4.74 Å². The Morgan fingerprint density at radius 2 is 1.67 bits per heavy atom. The summed E-state index contributed by atoms with van der Waals surface area (Å²) in [6, 6.07) is 14.6. The number of halogens is 1. The van der Waals surface area contributed by atoms with Crippen LogP contribution in [0.5, 0.6) is 11.6 Å². The van der Waals surface area contributed by atoms with Crippen molar-refractivity contribution in [2.75, 3.05) is 6.54 Å². The van der Waals surface area contributed by atoms with Crippen molar-refractivity contribution in [3.63, 3.8) is 0 Å². The number of benzene rings is 2. The molecule has 0 bridgehead atoms. The van der Waals surface area contributed by atoms with E-state index >= 15 is 0 Å². The van der Waals surface area contributed by atoms with Crippen molar-refractivity contribution in [3.8, 4) is 11.6 Å². The van der Waals surface area contributed by atoms with Crippen LogP contribution in [0.2, 0.25) is 0 Å². The SMILES string of the molecule is Cc1cc(C)cc(C(=O)NCC(=O)NCc2ccc(Oc3ccc(F)cc3)nc2)c1. The fourth-order valence-electron chi connectivity index (χ4n) is 2.83. The lowest BCUT2D eigenvalue weighted by Crippen LogP contribution is -2.36. The Labute approximate surface area is 174 Å². The number of hydrogen-bond donors (Lipinski definition) is 2. The van der Waals surface area contributed by atoms with Gasteiger partial charge >= 0.3 is 0 Å². The Balaban J connectivity index is 1.45. The molecule has 7 heteroatoms. The number of ether oxygens (including phenoxy) is 1. The predicted molar refractivity (Wildman–Crippen MR) is 111 cm³/mol. The first-order chi connectivity index (χ1) is 14.4. The molecular formula is C23H22FN3O3. The maximum Gasteiger partial charge on any atom is 0.251 e. The van der Waals surface area contributed by atoms with Crippen LogP contribution < -0.4 is 15.4 Å².